The molecule has 1 amide bonds. The first-order valence-electron chi connectivity index (χ1n) is 8.85. The topological polar surface area (TPSA) is 51.2 Å². The number of carbonyl (C=O) groups excluding carboxylic acids is 1. The first kappa shape index (κ1) is 20.7. The number of anilines is 1. The Balaban J connectivity index is 2.05. The van der Waals surface area contributed by atoms with E-state index in [1.807, 2.05) is 16.7 Å². The Bertz CT molecular complexity index is 712. The van der Waals surface area contributed by atoms with Gasteiger partial charge in [0.2, 0.25) is 5.91 Å². The smallest absolute Gasteiger partial charge is 0.243 e. The molecule has 0 unspecified atom stereocenters. The van der Waals surface area contributed by atoms with Crippen molar-refractivity contribution in [2.45, 2.75) is 6.92 Å². The molecule has 1 aromatic carbocycles. The molecule has 8 heteroatoms. The van der Waals surface area contributed by atoms with Crippen LogP contribution < -0.4 is 10.2 Å². The summed E-state index contributed by atoms with van der Waals surface area (Å²) >= 11 is 0. The number of benzene rings is 1. The van der Waals surface area contributed by atoms with Crippen molar-refractivity contribution in [1.82, 2.24) is 15.1 Å². The van der Waals surface area contributed by atoms with Crippen LogP contribution in [0.25, 0.3) is 0 Å². The number of halogens is 2. The Labute approximate surface area is 159 Å². The van der Waals surface area contributed by atoms with Crippen LogP contribution in [0, 0.1) is 11.6 Å². The van der Waals surface area contributed by atoms with Crippen molar-refractivity contribution in [3.63, 3.8) is 0 Å². The normalized spacial score (nSPS) is 14.9. The van der Waals surface area contributed by atoms with Crippen molar-refractivity contribution in [3.8, 4) is 0 Å². The molecule has 0 spiro atoms. The molecular formula is C19H27F2N5O. The summed E-state index contributed by atoms with van der Waals surface area (Å²) in [5.41, 5.74) is 1.22. The fourth-order valence-corrected chi connectivity index (χ4v) is 2.67. The van der Waals surface area contributed by atoms with E-state index in [1.165, 1.54) is 11.0 Å². The fraction of sp³-hybridized carbons (Fsp3) is 0.474. The predicted molar refractivity (Wildman–Crippen MR) is 104 cm³/mol. The molecule has 6 nitrogen and oxygen atoms in total. The van der Waals surface area contributed by atoms with Crippen LogP contribution in [0.1, 0.15) is 6.92 Å². The van der Waals surface area contributed by atoms with Gasteiger partial charge in [-0.25, -0.2) is 13.8 Å². The summed E-state index contributed by atoms with van der Waals surface area (Å²) in [4.78, 5) is 21.6. The molecule has 27 heavy (non-hydrogen) atoms. The van der Waals surface area contributed by atoms with E-state index in [0.717, 1.165) is 17.7 Å². The van der Waals surface area contributed by atoms with Gasteiger partial charge in [0.15, 0.2) is 5.96 Å². The van der Waals surface area contributed by atoms with E-state index in [9.17, 15) is 13.6 Å². The van der Waals surface area contributed by atoms with Crippen molar-refractivity contribution in [2.24, 2.45) is 4.99 Å². The molecular weight excluding hydrogens is 352 g/mol. The zero-order valence-corrected chi connectivity index (χ0v) is 16.1. The number of hydrogen-bond acceptors (Lipinski definition) is 3. The van der Waals surface area contributed by atoms with Crippen LogP contribution in [0.3, 0.4) is 0 Å². The number of carbonyl (C=O) groups is 1. The highest BCUT2D eigenvalue weighted by Crippen LogP contribution is 2.21. The van der Waals surface area contributed by atoms with Crippen LogP contribution in [0.2, 0.25) is 0 Å². The monoisotopic (exact) mass is 379 g/mol. The molecule has 1 fully saturated rings. The number of amides is 1. The first-order valence-corrected chi connectivity index (χ1v) is 8.85. The Hall–Kier alpha value is -2.64. The molecule has 0 radical (unpaired) electrons. The van der Waals surface area contributed by atoms with Gasteiger partial charge in [-0.1, -0.05) is 12.2 Å². The van der Waals surface area contributed by atoms with Gasteiger partial charge in [-0.3, -0.25) is 4.79 Å². The van der Waals surface area contributed by atoms with Crippen molar-refractivity contribution >= 4 is 17.6 Å². The second-order valence-corrected chi connectivity index (χ2v) is 6.81. The number of guanidine groups is 1. The lowest BCUT2D eigenvalue weighted by Crippen LogP contribution is -2.53. The van der Waals surface area contributed by atoms with Crippen LogP contribution in [0.4, 0.5) is 14.5 Å². The molecule has 0 aliphatic carbocycles. The molecule has 1 aliphatic heterocycles. The van der Waals surface area contributed by atoms with Crippen molar-refractivity contribution in [1.29, 1.82) is 0 Å². The van der Waals surface area contributed by atoms with E-state index in [0.29, 0.717) is 38.7 Å². The van der Waals surface area contributed by atoms with E-state index < -0.39 is 11.6 Å². The van der Waals surface area contributed by atoms with Crippen LogP contribution in [-0.4, -0.2) is 75.0 Å². The number of rotatable bonds is 5. The Morgan fingerprint density at radius 2 is 1.93 bits per heavy atom. The molecule has 0 aromatic heterocycles. The summed E-state index contributed by atoms with van der Waals surface area (Å²) in [6.07, 6.45) is 0. The average molecular weight is 379 g/mol. The molecule has 0 atom stereocenters. The lowest BCUT2D eigenvalue weighted by atomic mass is 10.2. The van der Waals surface area contributed by atoms with Crippen LogP contribution in [0.5, 0.6) is 0 Å². The van der Waals surface area contributed by atoms with E-state index in [2.05, 4.69) is 16.9 Å². The first-order chi connectivity index (χ1) is 12.8. The lowest BCUT2D eigenvalue weighted by molar-refractivity contribution is -0.127. The van der Waals surface area contributed by atoms with Crippen molar-refractivity contribution < 1.29 is 13.6 Å². The number of piperazine rings is 1. The lowest BCUT2D eigenvalue weighted by Gasteiger charge is -2.38. The minimum atomic E-state index is -0.457. The third kappa shape index (κ3) is 5.94. The summed E-state index contributed by atoms with van der Waals surface area (Å²) in [5.74, 6) is -0.366. The molecule has 1 heterocycles. The Morgan fingerprint density at radius 3 is 2.52 bits per heavy atom. The van der Waals surface area contributed by atoms with E-state index in [1.54, 1.807) is 14.1 Å². The third-order valence-corrected chi connectivity index (χ3v) is 4.24. The Morgan fingerprint density at radius 1 is 1.26 bits per heavy atom. The minimum absolute atomic E-state index is 0.0459. The molecule has 2 rings (SSSR count). The summed E-state index contributed by atoms with van der Waals surface area (Å²) < 4.78 is 27.4. The maximum atomic E-state index is 14.0. The van der Waals surface area contributed by atoms with Crippen molar-refractivity contribution in [2.75, 3.05) is 58.3 Å². The van der Waals surface area contributed by atoms with Gasteiger partial charge in [0, 0.05) is 52.9 Å². The highest BCUT2D eigenvalue weighted by Gasteiger charge is 2.22. The number of hydrogen-bond donors (Lipinski definition) is 1. The van der Waals surface area contributed by atoms with Gasteiger partial charge >= 0.3 is 0 Å². The zero-order chi connectivity index (χ0) is 20.0. The second kappa shape index (κ2) is 9.34. The summed E-state index contributed by atoms with van der Waals surface area (Å²) in [7, 11) is 3.37. The number of likely N-dealkylation sites (N-methyl/N-ethyl adjacent to an activating group) is 1. The van der Waals surface area contributed by atoms with Crippen molar-refractivity contribution in [3.05, 3.63) is 42.0 Å². The van der Waals surface area contributed by atoms with E-state index in [-0.39, 0.29) is 18.1 Å². The van der Waals surface area contributed by atoms with Gasteiger partial charge in [0.1, 0.15) is 18.2 Å². The number of aliphatic imine (C=N–C) groups is 1. The molecule has 0 bridgehead atoms. The van der Waals surface area contributed by atoms with Gasteiger partial charge in [-0.15, -0.1) is 0 Å². The summed E-state index contributed by atoms with van der Waals surface area (Å²) in [6, 6.07) is 3.48. The maximum absolute atomic E-state index is 14.0. The van der Waals surface area contributed by atoms with E-state index >= 15 is 0 Å². The maximum Gasteiger partial charge on any atom is 0.243 e. The quantitative estimate of drug-likeness (QED) is 0.481. The molecule has 1 N–H and O–H groups in total. The zero-order valence-electron chi connectivity index (χ0n) is 16.1. The SMILES string of the molecule is C=C(C)CNC(=NCC(=O)N(C)C)N1CCN(c2cc(F)ccc2F)CC1. The standard InChI is InChI=1S/C19H27F2N5O/c1-14(2)12-22-19(23-13-18(27)24(3)4)26-9-7-25(8-10-26)17-11-15(20)5-6-16(17)21/h5-6,11H,1,7-10,12-13H2,2-4H3,(H,22,23). The van der Waals surface area contributed by atoms with E-state index in [4.69, 9.17) is 0 Å². The molecule has 0 saturated carbocycles. The molecule has 148 valence electrons. The highest BCUT2D eigenvalue weighted by molar-refractivity contribution is 5.85. The average Bonchev–Trinajstić information content (AvgIpc) is 2.63. The predicted octanol–water partition coefficient (Wildman–Crippen LogP) is 1.70. The van der Waals surface area contributed by atoms with Gasteiger partial charge < -0.3 is 20.0 Å². The van der Waals surface area contributed by atoms with Crippen LogP contribution >= 0.6 is 0 Å². The Kier molecular flexibility index (Phi) is 7.15. The molecule has 1 saturated heterocycles. The number of nitrogens with zero attached hydrogens (tertiary/aromatic N) is 4. The third-order valence-electron chi connectivity index (χ3n) is 4.24. The highest BCUT2D eigenvalue weighted by atomic mass is 19.1. The van der Waals surface area contributed by atoms with Crippen LogP contribution in [-0.2, 0) is 4.79 Å². The minimum Gasteiger partial charge on any atom is -0.366 e. The largest absolute Gasteiger partial charge is 0.366 e. The van der Waals surface area contributed by atoms with Crippen LogP contribution in [0.15, 0.2) is 35.3 Å². The van der Waals surface area contributed by atoms with Gasteiger partial charge in [0.25, 0.3) is 0 Å². The molecule has 1 aromatic rings. The number of nitrogens with one attached hydrogen (secondary N) is 1. The van der Waals surface area contributed by atoms with Gasteiger partial charge in [-0.2, -0.15) is 0 Å². The van der Waals surface area contributed by atoms with Gasteiger partial charge in [-0.05, 0) is 19.1 Å². The molecule has 1 aliphatic rings. The summed E-state index contributed by atoms with van der Waals surface area (Å²) in [5, 5.41) is 3.21. The second-order valence-electron chi connectivity index (χ2n) is 6.81. The summed E-state index contributed by atoms with van der Waals surface area (Å²) in [6.45, 7) is 8.57. The fourth-order valence-electron chi connectivity index (χ4n) is 2.67. The van der Waals surface area contributed by atoms with Gasteiger partial charge in [0.05, 0.1) is 5.69 Å².